The van der Waals surface area contributed by atoms with Crippen molar-refractivity contribution in [2.24, 2.45) is 5.92 Å². The van der Waals surface area contributed by atoms with Gasteiger partial charge in [0.25, 0.3) is 0 Å². The number of anilines is 1. The van der Waals surface area contributed by atoms with Crippen LogP contribution in [-0.2, 0) is 10.0 Å². The Morgan fingerprint density at radius 2 is 2.06 bits per heavy atom. The molecule has 0 bridgehead atoms. The molecule has 2 N–H and O–H groups in total. The first-order chi connectivity index (χ1) is 7.80. The molecule has 0 aliphatic carbocycles. The number of aromatic hydroxyl groups is 1. The number of phenols is 1. The molecule has 0 spiro atoms. The number of hydrogen-bond donors (Lipinski definition) is 2. The van der Waals surface area contributed by atoms with Crippen LogP contribution in [-0.4, -0.2) is 19.3 Å². The van der Waals surface area contributed by atoms with Gasteiger partial charge in [-0.25, -0.2) is 12.8 Å². The van der Waals surface area contributed by atoms with Gasteiger partial charge < -0.3 is 5.11 Å². The molecule has 6 heteroatoms. The van der Waals surface area contributed by atoms with E-state index < -0.39 is 21.6 Å². The molecule has 0 aliphatic rings. The van der Waals surface area contributed by atoms with Gasteiger partial charge in [-0.1, -0.05) is 13.8 Å². The highest BCUT2D eigenvalue weighted by Crippen LogP contribution is 2.24. The van der Waals surface area contributed by atoms with Crippen molar-refractivity contribution < 1.29 is 17.9 Å². The minimum atomic E-state index is -3.50. The Kier molecular flexibility index (Phi) is 4.34. The fourth-order valence-electron chi connectivity index (χ4n) is 1.20. The van der Waals surface area contributed by atoms with Crippen LogP contribution in [0.15, 0.2) is 18.2 Å². The standard InChI is InChI=1S/C11H16FNO3S/c1-8(2)5-6-17(15,16)13-10-4-3-9(12)7-11(10)14/h3-4,7-8,13-14H,5-6H2,1-2H3. The zero-order chi connectivity index (χ0) is 13.1. The van der Waals surface area contributed by atoms with E-state index >= 15 is 0 Å². The van der Waals surface area contributed by atoms with Gasteiger partial charge in [0.2, 0.25) is 10.0 Å². The number of sulfonamides is 1. The van der Waals surface area contributed by atoms with Crippen LogP contribution in [0.2, 0.25) is 0 Å². The van der Waals surface area contributed by atoms with Crippen molar-refractivity contribution in [2.45, 2.75) is 20.3 Å². The van der Waals surface area contributed by atoms with Gasteiger partial charge in [0.1, 0.15) is 11.6 Å². The topological polar surface area (TPSA) is 66.4 Å². The lowest BCUT2D eigenvalue weighted by molar-refractivity contribution is 0.471. The number of rotatable bonds is 5. The molecular weight excluding hydrogens is 245 g/mol. The van der Waals surface area contributed by atoms with Gasteiger partial charge >= 0.3 is 0 Å². The van der Waals surface area contributed by atoms with Crippen molar-refractivity contribution in [3.63, 3.8) is 0 Å². The molecule has 0 radical (unpaired) electrons. The number of phenolic OH excluding ortho intramolecular Hbond substituents is 1. The van der Waals surface area contributed by atoms with Crippen LogP contribution < -0.4 is 4.72 Å². The van der Waals surface area contributed by atoms with Gasteiger partial charge in [-0.3, -0.25) is 4.72 Å². The highest BCUT2D eigenvalue weighted by Gasteiger charge is 2.13. The Morgan fingerprint density at radius 3 is 2.59 bits per heavy atom. The Balaban J connectivity index is 2.76. The van der Waals surface area contributed by atoms with E-state index in [1.54, 1.807) is 0 Å². The minimum Gasteiger partial charge on any atom is -0.506 e. The molecule has 96 valence electrons. The van der Waals surface area contributed by atoms with Crippen LogP contribution in [0, 0.1) is 11.7 Å². The van der Waals surface area contributed by atoms with E-state index in [0.29, 0.717) is 6.42 Å². The largest absolute Gasteiger partial charge is 0.506 e. The molecule has 0 saturated heterocycles. The van der Waals surface area contributed by atoms with Crippen molar-refractivity contribution in [1.29, 1.82) is 0 Å². The fourth-order valence-corrected chi connectivity index (χ4v) is 2.59. The summed E-state index contributed by atoms with van der Waals surface area (Å²) in [5.41, 5.74) is -0.00449. The molecule has 0 heterocycles. The van der Waals surface area contributed by atoms with Crippen LogP contribution in [0.25, 0.3) is 0 Å². The molecule has 0 amide bonds. The smallest absolute Gasteiger partial charge is 0.232 e. The summed E-state index contributed by atoms with van der Waals surface area (Å²) in [5, 5.41) is 9.37. The Hall–Kier alpha value is -1.30. The zero-order valence-corrected chi connectivity index (χ0v) is 10.6. The number of hydrogen-bond acceptors (Lipinski definition) is 3. The lowest BCUT2D eigenvalue weighted by Crippen LogP contribution is -2.18. The summed E-state index contributed by atoms with van der Waals surface area (Å²) >= 11 is 0. The van der Waals surface area contributed by atoms with Gasteiger partial charge in [-0.2, -0.15) is 0 Å². The minimum absolute atomic E-state index is 0.00449. The lowest BCUT2D eigenvalue weighted by Gasteiger charge is -2.10. The Bertz CT molecular complexity index is 485. The summed E-state index contributed by atoms with van der Waals surface area (Å²) in [7, 11) is -3.50. The maximum absolute atomic E-state index is 12.7. The molecule has 0 aliphatic heterocycles. The van der Waals surface area contributed by atoms with E-state index in [2.05, 4.69) is 4.72 Å². The Labute approximate surface area is 101 Å². The first-order valence-corrected chi connectivity index (χ1v) is 6.94. The van der Waals surface area contributed by atoms with E-state index in [0.717, 1.165) is 12.1 Å². The summed E-state index contributed by atoms with van der Waals surface area (Å²) in [6.07, 6.45) is 0.525. The summed E-state index contributed by atoms with van der Waals surface area (Å²) in [6.45, 7) is 3.84. The molecule has 0 fully saturated rings. The van der Waals surface area contributed by atoms with Crippen LogP contribution in [0.4, 0.5) is 10.1 Å². The van der Waals surface area contributed by atoms with Crippen molar-refractivity contribution in [3.05, 3.63) is 24.0 Å². The highest BCUT2D eigenvalue weighted by molar-refractivity contribution is 7.92. The normalized spacial score (nSPS) is 11.8. The average Bonchev–Trinajstić information content (AvgIpc) is 2.20. The molecule has 17 heavy (non-hydrogen) atoms. The molecule has 4 nitrogen and oxygen atoms in total. The first kappa shape index (κ1) is 13.8. The molecular formula is C11H16FNO3S. The van der Waals surface area contributed by atoms with E-state index in [1.165, 1.54) is 6.07 Å². The molecule has 1 aromatic rings. The van der Waals surface area contributed by atoms with E-state index in [9.17, 15) is 17.9 Å². The van der Waals surface area contributed by atoms with Crippen LogP contribution in [0.3, 0.4) is 0 Å². The maximum Gasteiger partial charge on any atom is 0.232 e. The SMILES string of the molecule is CC(C)CCS(=O)(=O)Nc1ccc(F)cc1O. The van der Waals surface area contributed by atoms with Gasteiger partial charge in [-0.15, -0.1) is 0 Å². The summed E-state index contributed by atoms with van der Waals surface area (Å²) in [4.78, 5) is 0. The van der Waals surface area contributed by atoms with Crippen molar-refractivity contribution in [1.82, 2.24) is 0 Å². The van der Waals surface area contributed by atoms with E-state index in [-0.39, 0.29) is 17.4 Å². The molecule has 0 aromatic heterocycles. The average molecular weight is 261 g/mol. The summed E-state index contributed by atoms with van der Waals surface area (Å²) in [5.74, 6) is -0.791. The first-order valence-electron chi connectivity index (χ1n) is 5.29. The van der Waals surface area contributed by atoms with Gasteiger partial charge in [0.05, 0.1) is 11.4 Å². The Morgan fingerprint density at radius 1 is 1.41 bits per heavy atom. The second-order valence-corrected chi connectivity index (χ2v) is 6.11. The number of benzene rings is 1. The van der Waals surface area contributed by atoms with Crippen LogP contribution >= 0.6 is 0 Å². The van der Waals surface area contributed by atoms with E-state index in [1.807, 2.05) is 13.8 Å². The van der Waals surface area contributed by atoms with Crippen molar-refractivity contribution in [3.8, 4) is 5.75 Å². The fraction of sp³-hybridized carbons (Fsp3) is 0.455. The third kappa shape index (κ3) is 4.60. The zero-order valence-electron chi connectivity index (χ0n) is 9.77. The van der Waals surface area contributed by atoms with E-state index in [4.69, 9.17) is 0 Å². The number of halogens is 1. The molecule has 0 saturated carbocycles. The maximum atomic E-state index is 12.7. The third-order valence-electron chi connectivity index (χ3n) is 2.19. The predicted octanol–water partition coefficient (Wildman–Crippen LogP) is 2.32. The third-order valence-corrected chi connectivity index (χ3v) is 3.49. The van der Waals surface area contributed by atoms with Gasteiger partial charge in [0, 0.05) is 6.07 Å². The second-order valence-electron chi connectivity index (χ2n) is 4.26. The molecule has 1 aromatic carbocycles. The summed E-state index contributed by atoms with van der Waals surface area (Å²) in [6, 6.07) is 3.14. The predicted molar refractivity (Wildman–Crippen MR) is 64.9 cm³/mol. The van der Waals surface area contributed by atoms with Gasteiger partial charge in [-0.05, 0) is 24.5 Å². The van der Waals surface area contributed by atoms with Crippen LogP contribution in [0.5, 0.6) is 5.75 Å². The summed E-state index contributed by atoms with van der Waals surface area (Å²) < 4.78 is 38.2. The van der Waals surface area contributed by atoms with Gasteiger partial charge in [0.15, 0.2) is 0 Å². The monoisotopic (exact) mass is 261 g/mol. The van der Waals surface area contributed by atoms with Crippen molar-refractivity contribution in [2.75, 3.05) is 10.5 Å². The second kappa shape index (κ2) is 5.35. The molecule has 0 atom stereocenters. The molecule has 1 rings (SSSR count). The number of nitrogens with one attached hydrogen (secondary N) is 1. The lowest BCUT2D eigenvalue weighted by atomic mass is 10.2. The quantitative estimate of drug-likeness (QED) is 0.799. The van der Waals surface area contributed by atoms with Crippen LogP contribution in [0.1, 0.15) is 20.3 Å². The molecule has 0 unspecified atom stereocenters. The van der Waals surface area contributed by atoms with Crippen molar-refractivity contribution >= 4 is 15.7 Å². The highest BCUT2D eigenvalue weighted by atomic mass is 32.2.